The number of benzene rings is 6. The number of rotatable bonds is 10. The SMILES string of the molecule is CN(c1ccc(OC(F)(F)F)cc1)c1cc(-c2ccc(F)cc2)nc(-c2ccc(F)cc2)c1.Fc1ccc(-c2cc(Nc3ccc(OC(F)(F)F)cc3)cc(-c3ccc(F)cc3)n2)cc1. The molecule has 0 aliphatic rings. The topological polar surface area (TPSA) is 59.5 Å². The highest BCUT2D eigenvalue weighted by molar-refractivity contribution is 5.77. The Balaban J connectivity index is 0.000000194. The highest BCUT2D eigenvalue weighted by Gasteiger charge is 2.31. The molecule has 65 heavy (non-hydrogen) atoms. The third kappa shape index (κ3) is 12.6. The molecule has 0 saturated carbocycles. The molecule has 8 rings (SSSR count). The number of halogens is 10. The summed E-state index contributed by atoms with van der Waals surface area (Å²) in [6.07, 6.45) is -9.54. The summed E-state index contributed by atoms with van der Waals surface area (Å²) in [4.78, 5) is 11.0. The van der Waals surface area contributed by atoms with Crippen molar-refractivity contribution in [1.29, 1.82) is 0 Å². The molecule has 0 radical (unpaired) electrons. The van der Waals surface area contributed by atoms with E-state index < -0.39 is 12.7 Å². The summed E-state index contributed by atoms with van der Waals surface area (Å²) in [7, 11) is 1.75. The molecular formula is C49H32F10N4O2. The molecule has 0 fully saturated rings. The molecule has 0 aliphatic heterocycles. The molecule has 0 amide bonds. The van der Waals surface area contributed by atoms with Crippen molar-refractivity contribution in [3.8, 4) is 56.5 Å². The first-order valence-electron chi connectivity index (χ1n) is 19.2. The molecule has 8 aromatic rings. The zero-order valence-electron chi connectivity index (χ0n) is 33.6. The molecule has 1 N–H and O–H groups in total. The van der Waals surface area contributed by atoms with Gasteiger partial charge >= 0.3 is 12.7 Å². The standard InChI is InChI=1S/C25H17F5N2O.C24H15F5N2O/c1-32(20-10-12-22(13-11-20)33-25(28,29)30)21-14-23(16-2-6-18(26)7-3-16)31-24(15-21)17-4-8-19(27)9-5-17;25-17-5-1-15(2-6-17)22-13-20(14-23(31-22)16-3-7-18(26)8-4-16)30-19-9-11-21(12-10-19)32-24(27,28)29/h2-15H,1H3;1-14H,(H,30,31). The lowest BCUT2D eigenvalue weighted by Crippen LogP contribution is -2.17. The summed E-state index contributed by atoms with van der Waals surface area (Å²) >= 11 is 0. The summed E-state index contributed by atoms with van der Waals surface area (Å²) in [6.45, 7) is 0. The normalized spacial score (nSPS) is 11.3. The molecule has 0 unspecified atom stereocenters. The minimum Gasteiger partial charge on any atom is -0.406 e. The zero-order valence-corrected chi connectivity index (χ0v) is 33.6. The number of hydrogen-bond donors (Lipinski definition) is 1. The van der Waals surface area contributed by atoms with Crippen LogP contribution in [0.5, 0.6) is 11.5 Å². The van der Waals surface area contributed by atoms with E-state index in [1.54, 1.807) is 84.7 Å². The number of hydrogen-bond acceptors (Lipinski definition) is 6. The number of ether oxygens (including phenoxy) is 2. The van der Waals surface area contributed by atoms with E-state index in [4.69, 9.17) is 0 Å². The average Bonchev–Trinajstić information content (AvgIpc) is 3.27. The van der Waals surface area contributed by atoms with Crippen molar-refractivity contribution in [2.75, 3.05) is 17.3 Å². The summed E-state index contributed by atoms with van der Waals surface area (Å²) in [5.41, 5.74) is 7.21. The summed E-state index contributed by atoms with van der Waals surface area (Å²) in [5.74, 6) is -2.20. The third-order valence-corrected chi connectivity index (χ3v) is 9.42. The molecule has 0 saturated heterocycles. The van der Waals surface area contributed by atoms with Gasteiger partial charge in [-0.3, -0.25) is 0 Å². The van der Waals surface area contributed by atoms with E-state index in [0.717, 1.165) is 0 Å². The van der Waals surface area contributed by atoms with Crippen molar-refractivity contribution >= 4 is 22.7 Å². The minimum absolute atomic E-state index is 0.326. The Labute approximate surface area is 365 Å². The van der Waals surface area contributed by atoms with Gasteiger partial charge in [-0.1, -0.05) is 0 Å². The highest BCUT2D eigenvalue weighted by atomic mass is 19.4. The maximum absolute atomic E-state index is 13.4. The Kier molecular flexibility index (Phi) is 13.4. The number of nitrogens with zero attached hydrogens (tertiary/aromatic N) is 3. The van der Waals surface area contributed by atoms with Crippen LogP contribution in [0.1, 0.15) is 0 Å². The predicted molar refractivity (Wildman–Crippen MR) is 228 cm³/mol. The van der Waals surface area contributed by atoms with Gasteiger partial charge in [0.25, 0.3) is 0 Å². The van der Waals surface area contributed by atoms with Gasteiger partial charge in [-0.2, -0.15) is 0 Å². The molecule has 0 bridgehead atoms. The summed E-state index contributed by atoms with van der Waals surface area (Å²) in [6, 6.07) is 41.0. The Morgan fingerprint density at radius 2 is 0.692 bits per heavy atom. The van der Waals surface area contributed by atoms with Crippen LogP contribution in [0.4, 0.5) is 66.7 Å². The van der Waals surface area contributed by atoms with E-state index in [-0.39, 0.29) is 34.8 Å². The van der Waals surface area contributed by atoms with Gasteiger partial charge in [0.2, 0.25) is 0 Å². The second-order valence-electron chi connectivity index (χ2n) is 14.0. The van der Waals surface area contributed by atoms with E-state index >= 15 is 0 Å². The van der Waals surface area contributed by atoms with Crippen LogP contribution in [0.2, 0.25) is 0 Å². The molecule has 2 heterocycles. The van der Waals surface area contributed by atoms with Crippen molar-refractivity contribution in [2.45, 2.75) is 12.7 Å². The van der Waals surface area contributed by atoms with Crippen molar-refractivity contribution in [1.82, 2.24) is 9.97 Å². The largest absolute Gasteiger partial charge is 0.573 e. The molecule has 330 valence electrons. The number of anilines is 4. The van der Waals surface area contributed by atoms with Gasteiger partial charge in [0.15, 0.2) is 0 Å². The van der Waals surface area contributed by atoms with Gasteiger partial charge in [-0.25, -0.2) is 27.5 Å². The Morgan fingerprint density at radius 1 is 0.385 bits per heavy atom. The van der Waals surface area contributed by atoms with Crippen LogP contribution in [0, 0.1) is 23.3 Å². The van der Waals surface area contributed by atoms with Gasteiger partial charge in [0.05, 0.1) is 22.8 Å². The van der Waals surface area contributed by atoms with Gasteiger partial charge in [-0.05, 0) is 170 Å². The molecular weight excluding hydrogens is 867 g/mol. The Bertz CT molecular complexity index is 2710. The number of alkyl halides is 6. The molecule has 6 nitrogen and oxygen atoms in total. The second kappa shape index (κ2) is 19.2. The Morgan fingerprint density at radius 3 is 1.02 bits per heavy atom. The average molecular weight is 899 g/mol. The molecule has 0 spiro atoms. The van der Waals surface area contributed by atoms with Crippen molar-refractivity contribution in [3.05, 3.63) is 193 Å². The van der Waals surface area contributed by atoms with Crippen LogP contribution in [0.15, 0.2) is 170 Å². The van der Waals surface area contributed by atoms with E-state index in [1.165, 1.54) is 97.1 Å². The van der Waals surface area contributed by atoms with Crippen molar-refractivity contribution in [2.24, 2.45) is 0 Å². The van der Waals surface area contributed by atoms with Gasteiger partial charge in [0, 0.05) is 52.1 Å². The minimum atomic E-state index is -4.77. The molecule has 0 aliphatic carbocycles. The monoisotopic (exact) mass is 898 g/mol. The maximum atomic E-state index is 13.4. The summed E-state index contributed by atoms with van der Waals surface area (Å²) < 4.78 is 136. The Hall–Kier alpha value is -7.88. The zero-order chi connectivity index (χ0) is 46.3. The lowest BCUT2D eigenvalue weighted by atomic mass is 10.1. The van der Waals surface area contributed by atoms with E-state index in [9.17, 15) is 43.9 Å². The lowest BCUT2D eigenvalue weighted by Gasteiger charge is -2.22. The first-order valence-corrected chi connectivity index (χ1v) is 19.2. The van der Waals surface area contributed by atoms with Crippen molar-refractivity contribution in [3.63, 3.8) is 0 Å². The van der Waals surface area contributed by atoms with E-state index in [2.05, 4.69) is 24.8 Å². The first kappa shape index (κ1) is 45.2. The molecule has 6 aromatic carbocycles. The second-order valence-corrected chi connectivity index (χ2v) is 14.0. The molecule has 2 aromatic heterocycles. The van der Waals surface area contributed by atoms with Gasteiger partial charge in [-0.15, -0.1) is 26.3 Å². The van der Waals surface area contributed by atoms with Crippen molar-refractivity contribution < 1.29 is 53.4 Å². The van der Waals surface area contributed by atoms with Crippen LogP contribution >= 0.6 is 0 Å². The van der Waals surface area contributed by atoms with Crippen LogP contribution in [0.25, 0.3) is 45.0 Å². The first-order chi connectivity index (χ1) is 30.9. The number of pyridine rings is 2. The maximum Gasteiger partial charge on any atom is 0.573 e. The number of nitrogens with one attached hydrogen (secondary N) is 1. The predicted octanol–water partition coefficient (Wildman–Crippen LogP) is 14.7. The van der Waals surface area contributed by atoms with Crippen LogP contribution in [-0.4, -0.2) is 29.7 Å². The third-order valence-electron chi connectivity index (χ3n) is 9.42. The summed E-state index contributed by atoms with van der Waals surface area (Å²) in [5, 5.41) is 3.11. The quantitative estimate of drug-likeness (QED) is 0.138. The fraction of sp³-hybridized carbons (Fsp3) is 0.0612. The fourth-order valence-corrected chi connectivity index (χ4v) is 6.31. The van der Waals surface area contributed by atoms with Gasteiger partial charge < -0.3 is 19.7 Å². The van der Waals surface area contributed by atoms with Crippen LogP contribution < -0.4 is 19.7 Å². The molecule has 0 atom stereocenters. The van der Waals surface area contributed by atoms with Crippen LogP contribution in [-0.2, 0) is 0 Å². The lowest BCUT2D eigenvalue weighted by molar-refractivity contribution is -0.275. The fourth-order valence-electron chi connectivity index (χ4n) is 6.31. The van der Waals surface area contributed by atoms with Crippen LogP contribution in [0.3, 0.4) is 0 Å². The molecule has 16 heteroatoms. The van der Waals surface area contributed by atoms with E-state index in [1.807, 2.05) is 0 Å². The van der Waals surface area contributed by atoms with E-state index in [0.29, 0.717) is 67.8 Å². The van der Waals surface area contributed by atoms with Gasteiger partial charge in [0.1, 0.15) is 34.8 Å². The smallest absolute Gasteiger partial charge is 0.406 e. The number of aromatic nitrogens is 2. The highest BCUT2D eigenvalue weighted by Crippen LogP contribution is 2.35.